The van der Waals surface area contributed by atoms with E-state index in [0.29, 0.717) is 17.9 Å². The number of carbonyl (C=O) groups is 1. The Morgan fingerprint density at radius 1 is 1.18 bits per heavy atom. The van der Waals surface area contributed by atoms with Crippen molar-refractivity contribution >= 4 is 16.8 Å². The molecular formula is C26H29N5O2. The number of amides is 1. The summed E-state index contributed by atoms with van der Waals surface area (Å²) in [6.07, 6.45) is 5.29. The SMILES string of the molecule is Cc1ccc(OCCN(C)C)cc1C(=O)N[C@H](C)c1cc(-n2ccnc2)nc2ccccc12. The third-order valence-electron chi connectivity index (χ3n) is 5.58. The lowest BCUT2D eigenvalue weighted by molar-refractivity contribution is 0.0939. The predicted molar refractivity (Wildman–Crippen MR) is 130 cm³/mol. The Morgan fingerprint density at radius 2 is 2.00 bits per heavy atom. The molecule has 7 nitrogen and oxygen atoms in total. The van der Waals surface area contributed by atoms with E-state index in [2.05, 4.69) is 15.2 Å². The highest BCUT2D eigenvalue weighted by atomic mass is 16.5. The molecule has 33 heavy (non-hydrogen) atoms. The fraction of sp³-hybridized carbons (Fsp3) is 0.269. The van der Waals surface area contributed by atoms with Crippen molar-refractivity contribution < 1.29 is 9.53 Å². The van der Waals surface area contributed by atoms with E-state index < -0.39 is 0 Å². The molecule has 4 rings (SSSR count). The first-order valence-corrected chi connectivity index (χ1v) is 11.0. The van der Waals surface area contributed by atoms with Crippen LogP contribution in [0.3, 0.4) is 0 Å². The lowest BCUT2D eigenvalue weighted by Gasteiger charge is -2.19. The number of aryl methyl sites for hydroxylation is 1. The first-order chi connectivity index (χ1) is 15.9. The molecule has 0 spiro atoms. The monoisotopic (exact) mass is 443 g/mol. The van der Waals surface area contributed by atoms with Gasteiger partial charge in [-0.3, -0.25) is 9.36 Å². The van der Waals surface area contributed by atoms with E-state index in [1.54, 1.807) is 12.5 Å². The van der Waals surface area contributed by atoms with Crippen LogP contribution in [0.1, 0.15) is 34.5 Å². The zero-order valence-electron chi connectivity index (χ0n) is 19.4. The number of ether oxygens (including phenoxy) is 1. The lowest BCUT2D eigenvalue weighted by Crippen LogP contribution is -2.27. The number of hydrogen-bond donors (Lipinski definition) is 1. The number of likely N-dealkylation sites (N-methyl/N-ethyl adjacent to an activating group) is 1. The number of aromatic nitrogens is 3. The predicted octanol–water partition coefficient (Wildman–Crippen LogP) is 4.16. The Kier molecular flexibility index (Phi) is 6.70. The Hall–Kier alpha value is -3.71. The summed E-state index contributed by atoms with van der Waals surface area (Å²) in [5.41, 5.74) is 3.37. The minimum absolute atomic E-state index is 0.136. The topological polar surface area (TPSA) is 72.3 Å². The Morgan fingerprint density at radius 3 is 2.76 bits per heavy atom. The van der Waals surface area contributed by atoms with Crippen LogP contribution in [-0.4, -0.2) is 52.6 Å². The average Bonchev–Trinajstić information content (AvgIpc) is 3.34. The molecule has 2 aromatic carbocycles. The smallest absolute Gasteiger partial charge is 0.252 e. The second-order valence-corrected chi connectivity index (χ2v) is 8.38. The quantitative estimate of drug-likeness (QED) is 0.443. The van der Waals surface area contributed by atoms with Crippen molar-refractivity contribution in [3.05, 3.63) is 83.9 Å². The summed E-state index contributed by atoms with van der Waals surface area (Å²) in [6.45, 7) is 5.29. The van der Waals surface area contributed by atoms with Crippen LogP contribution in [0.5, 0.6) is 5.75 Å². The number of hydrogen-bond acceptors (Lipinski definition) is 5. The summed E-state index contributed by atoms with van der Waals surface area (Å²) in [5.74, 6) is 1.31. The number of fused-ring (bicyclic) bond motifs is 1. The molecular weight excluding hydrogens is 414 g/mol. The minimum atomic E-state index is -0.231. The van der Waals surface area contributed by atoms with Crippen molar-refractivity contribution in [1.82, 2.24) is 24.8 Å². The highest BCUT2D eigenvalue weighted by Crippen LogP contribution is 2.26. The molecule has 170 valence electrons. The van der Waals surface area contributed by atoms with Crippen molar-refractivity contribution in [2.75, 3.05) is 27.2 Å². The summed E-state index contributed by atoms with van der Waals surface area (Å²) in [6, 6.07) is 15.4. The fourth-order valence-electron chi connectivity index (χ4n) is 3.71. The van der Waals surface area contributed by atoms with Gasteiger partial charge in [-0.2, -0.15) is 0 Å². The molecule has 7 heteroatoms. The molecule has 0 radical (unpaired) electrons. The number of nitrogens with one attached hydrogen (secondary N) is 1. The molecule has 2 aromatic heterocycles. The summed E-state index contributed by atoms with van der Waals surface area (Å²) >= 11 is 0. The number of imidazole rings is 1. The highest BCUT2D eigenvalue weighted by molar-refractivity contribution is 5.96. The number of nitrogens with zero attached hydrogens (tertiary/aromatic N) is 4. The number of carbonyl (C=O) groups excluding carboxylic acids is 1. The van der Waals surface area contributed by atoms with Crippen LogP contribution in [0.4, 0.5) is 0 Å². The fourth-order valence-corrected chi connectivity index (χ4v) is 3.71. The number of para-hydroxylation sites is 1. The van der Waals surface area contributed by atoms with Crippen molar-refractivity contribution in [2.45, 2.75) is 19.9 Å². The third kappa shape index (κ3) is 5.21. The van der Waals surface area contributed by atoms with Crippen molar-refractivity contribution in [2.24, 2.45) is 0 Å². The molecule has 0 aliphatic heterocycles. The first kappa shape index (κ1) is 22.5. The van der Waals surface area contributed by atoms with E-state index in [1.165, 1.54) is 0 Å². The molecule has 0 fully saturated rings. The molecule has 0 saturated heterocycles. The van der Waals surface area contributed by atoms with E-state index in [0.717, 1.165) is 34.4 Å². The normalized spacial score (nSPS) is 12.2. The maximum absolute atomic E-state index is 13.2. The molecule has 0 unspecified atom stereocenters. The third-order valence-corrected chi connectivity index (χ3v) is 5.58. The van der Waals surface area contributed by atoms with Gasteiger partial charge in [0, 0.05) is 29.9 Å². The summed E-state index contributed by atoms with van der Waals surface area (Å²) in [7, 11) is 4.00. The van der Waals surface area contributed by atoms with Gasteiger partial charge in [-0.05, 0) is 63.3 Å². The van der Waals surface area contributed by atoms with E-state index in [4.69, 9.17) is 9.72 Å². The van der Waals surface area contributed by atoms with Gasteiger partial charge in [0.05, 0.1) is 11.6 Å². The molecule has 0 saturated carbocycles. The second kappa shape index (κ2) is 9.83. The zero-order chi connectivity index (χ0) is 23.4. The van der Waals surface area contributed by atoms with Gasteiger partial charge < -0.3 is 15.0 Å². The second-order valence-electron chi connectivity index (χ2n) is 8.38. The Bertz CT molecular complexity index is 1250. The maximum atomic E-state index is 13.2. The van der Waals surface area contributed by atoms with Crippen LogP contribution in [0.25, 0.3) is 16.7 Å². The molecule has 0 aliphatic rings. The van der Waals surface area contributed by atoms with Gasteiger partial charge >= 0.3 is 0 Å². The summed E-state index contributed by atoms with van der Waals surface area (Å²) in [4.78, 5) is 24.2. The van der Waals surface area contributed by atoms with Gasteiger partial charge in [0.25, 0.3) is 5.91 Å². The minimum Gasteiger partial charge on any atom is -0.492 e. The average molecular weight is 444 g/mol. The standard InChI is InChI=1S/C26H29N5O2/c1-18-9-10-20(33-14-13-30(3)4)15-22(18)26(32)28-19(2)23-16-25(31-12-11-27-17-31)29-24-8-6-5-7-21(23)24/h5-12,15-17,19H,13-14H2,1-4H3,(H,28,32)/t19-/m1/s1. The van der Waals surface area contributed by atoms with Crippen LogP contribution < -0.4 is 10.1 Å². The number of rotatable bonds is 8. The first-order valence-electron chi connectivity index (χ1n) is 11.0. The maximum Gasteiger partial charge on any atom is 0.252 e. The molecule has 0 aliphatic carbocycles. The number of pyridine rings is 1. The zero-order valence-corrected chi connectivity index (χ0v) is 19.4. The Labute approximate surface area is 194 Å². The van der Waals surface area contributed by atoms with Crippen LogP contribution in [0.15, 0.2) is 67.3 Å². The van der Waals surface area contributed by atoms with Crippen molar-refractivity contribution in [3.8, 4) is 11.6 Å². The van der Waals surface area contributed by atoms with Crippen LogP contribution >= 0.6 is 0 Å². The Balaban J connectivity index is 1.60. The summed E-state index contributed by atoms with van der Waals surface area (Å²) < 4.78 is 7.69. The van der Waals surface area contributed by atoms with E-state index in [1.807, 2.05) is 87.2 Å². The van der Waals surface area contributed by atoms with Gasteiger partial charge in [-0.1, -0.05) is 24.3 Å². The van der Waals surface area contributed by atoms with E-state index in [-0.39, 0.29) is 11.9 Å². The van der Waals surface area contributed by atoms with Crippen LogP contribution in [-0.2, 0) is 0 Å². The van der Waals surface area contributed by atoms with Crippen molar-refractivity contribution in [3.63, 3.8) is 0 Å². The molecule has 1 N–H and O–H groups in total. The van der Waals surface area contributed by atoms with Gasteiger partial charge in [-0.15, -0.1) is 0 Å². The van der Waals surface area contributed by atoms with Crippen LogP contribution in [0.2, 0.25) is 0 Å². The van der Waals surface area contributed by atoms with E-state index >= 15 is 0 Å². The van der Waals surface area contributed by atoms with Gasteiger partial charge in [0.2, 0.25) is 0 Å². The number of benzene rings is 2. The van der Waals surface area contributed by atoms with Gasteiger partial charge in [0.15, 0.2) is 0 Å². The highest BCUT2D eigenvalue weighted by Gasteiger charge is 2.18. The molecule has 0 bridgehead atoms. The lowest BCUT2D eigenvalue weighted by atomic mass is 10.0. The molecule has 4 aromatic rings. The summed E-state index contributed by atoms with van der Waals surface area (Å²) in [5, 5.41) is 4.17. The van der Waals surface area contributed by atoms with Gasteiger partial charge in [0.1, 0.15) is 24.5 Å². The molecule has 1 amide bonds. The van der Waals surface area contributed by atoms with E-state index in [9.17, 15) is 4.79 Å². The molecule has 2 heterocycles. The molecule has 1 atom stereocenters. The largest absolute Gasteiger partial charge is 0.492 e. The van der Waals surface area contributed by atoms with Gasteiger partial charge in [-0.25, -0.2) is 9.97 Å². The van der Waals surface area contributed by atoms with Crippen LogP contribution in [0, 0.1) is 6.92 Å². The van der Waals surface area contributed by atoms with Crippen molar-refractivity contribution in [1.29, 1.82) is 0 Å².